The molecular formula is C13H24N4O2S. The maximum atomic E-state index is 12.0. The van der Waals surface area contributed by atoms with E-state index in [4.69, 9.17) is 0 Å². The van der Waals surface area contributed by atoms with Crippen molar-refractivity contribution in [2.75, 3.05) is 18.8 Å². The van der Waals surface area contributed by atoms with Gasteiger partial charge in [0.05, 0.1) is 11.9 Å². The Labute approximate surface area is 121 Å². The van der Waals surface area contributed by atoms with Crippen LogP contribution in [0.4, 0.5) is 0 Å². The third-order valence-electron chi connectivity index (χ3n) is 3.82. The number of rotatable bonds is 6. The molecule has 0 amide bonds. The van der Waals surface area contributed by atoms with Crippen molar-refractivity contribution in [3.8, 4) is 0 Å². The van der Waals surface area contributed by atoms with E-state index in [0.717, 1.165) is 25.1 Å². The highest BCUT2D eigenvalue weighted by Gasteiger charge is 2.26. The van der Waals surface area contributed by atoms with Crippen LogP contribution in [0, 0.1) is 6.92 Å². The van der Waals surface area contributed by atoms with Crippen molar-refractivity contribution >= 4 is 10.0 Å². The lowest BCUT2D eigenvalue weighted by Gasteiger charge is -2.31. The number of H-pyrrole nitrogens is 1. The van der Waals surface area contributed by atoms with Crippen LogP contribution in [0.5, 0.6) is 0 Å². The van der Waals surface area contributed by atoms with Crippen LogP contribution in [0.3, 0.4) is 0 Å². The third kappa shape index (κ3) is 3.80. The van der Waals surface area contributed by atoms with Crippen molar-refractivity contribution in [2.45, 2.75) is 45.7 Å². The molecule has 0 aliphatic carbocycles. The van der Waals surface area contributed by atoms with Crippen molar-refractivity contribution in [3.63, 3.8) is 0 Å². The van der Waals surface area contributed by atoms with E-state index < -0.39 is 10.0 Å². The number of hydrogen-bond donors (Lipinski definition) is 2. The Morgan fingerprint density at radius 2 is 2.15 bits per heavy atom. The first-order valence-electron chi connectivity index (χ1n) is 7.23. The van der Waals surface area contributed by atoms with Crippen molar-refractivity contribution in [1.82, 2.24) is 19.8 Å². The molecule has 0 saturated carbocycles. The van der Waals surface area contributed by atoms with E-state index >= 15 is 0 Å². The second-order valence-electron chi connectivity index (χ2n) is 5.39. The predicted molar refractivity (Wildman–Crippen MR) is 78.8 cm³/mol. The van der Waals surface area contributed by atoms with E-state index in [-0.39, 0.29) is 5.75 Å². The standard InChI is InChI=1S/C13H24N4O2S/c1-3-8-20(18,19)17-6-4-13(5-7-17)14-9-12-10-15-16-11(12)2/h10,13-14H,3-9H2,1-2H3,(H,15,16). The van der Waals surface area contributed by atoms with E-state index in [9.17, 15) is 8.42 Å². The average Bonchev–Trinajstić information content (AvgIpc) is 2.82. The Bertz CT molecular complexity index is 518. The summed E-state index contributed by atoms with van der Waals surface area (Å²) in [5.41, 5.74) is 2.26. The third-order valence-corrected chi connectivity index (χ3v) is 5.90. The molecule has 0 radical (unpaired) electrons. The molecule has 0 spiro atoms. The Hall–Kier alpha value is -0.920. The van der Waals surface area contributed by atoms with E-state index in [1.54, 1.807) is 4.31 Å². The van der Waals surface area contributed by atoms with E-state index in [1.807, 2.05) is 20.0 Å². The lowest BCUT2D eigenvalue weighted by atomic mass is 10.1. The van der Waals surface area contributed by atoms with Crippen molar-refractivity contribution < 1.29 is 8.42 Å². The van der Waals surface area contributed by atoms with Crippen molar-refractivity contribution in [3.05, 3.63) is 17.5 Å². The fourth-order valence-electron chi connectivity index (χ4n) is 2.53. The summed E-state index contributed by atoms with van der Waals surface area (Å²) in [5.74, 6) is 0.263. The molecule has 0 unspecified atom stereocenters. The molecule has 6 nitrogen and oxygen atoms in total. The zero-order chi connectivity index (χ0) is 14.6. The average molecular weight is 300 g/mol. The number of nitrogens with one attached hydrogen (secondary N) is 2. The number of piperidine rings is 1. The molecule has 2 heterocycles. The molecule has 20 heavy (non-hydrogen) atoms. The van der Waals surface area contributed by atoms with Gasteiger partial charge in [0.2, 0.25) is 10.0 Å². The van der Waals surface area contributed by atoms with Crippen LogP contribution in [-0.4, -0.2) is 47.8 Å². The quantitative estimate of drug-likeness (QED) is 0.822. The van der Waals surface area contributed by atoms with E-state index in [0.29, 0.717) is 25.6 Å². The van der Waals surface area contributed by atoms with Gasteiger partial charge in [-0.05, 0) is 26.2 Å². The minimum absolute atomic E-state index is 0.263. The van der Waals surface area contributed by atoms with Gasteiger partial charge in [0, 0.05) is 36.9 Å². The highest BCUT2D eigenvalue weighted by molar-refractivity contribution is 7.89. The van der Waals surface area contributed by atoms with E-state index in [1.165, 1.54) is 5.56 Å². The van der Waals surface area contributed by atoms with Gasteiger partial charge in [-0.1, -0.05) is 6.92 Å². The summed E-state index contributed by atoms with van der Waals surface area (Å²) in [6, 6.07) is 0.386. The van der Waals surface area contributed by atoms with Crippen molar-refractivity contribution in [2.24, 2.45) is 0 Å². The largest absolute Gasteiger partial charge is 0.310 e. The first-order valence-corrected chi connectivity index (χ1v) is 8.84. The number of aromatic nitrogens is 2. The lowest BCUT2D eigenvalue weighted by molar-refractivity contribution is 0.288. The van der Waals surface area contributed by atoms with Crippen LogP contribution < -0.4 is 5.32 Å². The number of aromatic amines is 1. The van der Waals surface area contributed by atoms with Gasteiger partial charge in [0.25, 0.3) is 0 Å². The molecule has 0 aromatic carbocycles. The van der Waals surface area contributed by atoms with Crippen LogP contribution in [-0.2, 0) is 16.6 Å². The molecule has 1 saturated heterocycles. The van der Waals surface area contributed by atoms with Crippen molar-refractivity contribution in [1.29, 1.82) is 0 Å². The minimum atomic E-state index is -3.03. The summed E-state index contributed by atoms with van der Waals surface area (Å²) in [6.45, 7) is 5.95. The molecule has 1 fully saturated rings. The van der Waals surface area contributed by atoms with Gasteiger partial charge in [-0.25, -0.2) is 12.7 Å². The van der Waals surface area contributed by atoms with Gasteiger partial charge in [-0.2, -0.15) is 5.10 Å². The summed E-state index contributed by atoms with van der Waals surface area (Å²) in [6.07, 6.45) is 4.27. The molecule has 1 aromatic rings. The topological polar surface area (TPSA) is 78.1 Å². The molecular weight excluding hydrogens is 276 g/mol. The molecule has 1 aromatic heterocycles. The van der Waals surface area contributed by atoms with Gasteiger partial charge >= 0.3 is 0 Å². The summed E-state index contributed by atoms with van der Waals surface area (Å²) >= 11 is 0. The summed E-state index contributed by atoms with van der Waals surface area (Å²) < 4.78 is 25.6. The van der Waals surface area contributed by atoms with Gasteiger partial charge in [-0.3, -0.25) is 5.10 Å². The maximum Gasteiger partial charge on any atom is 0.214 e. The monoisotopic (exact) mass is 300 g/mol. The number of aryl methyl sites for hydroxylation is 1. The second-order valence-corrected chi connectivity index (χ2v) is 7.48. The fraction of sp³-hybridized carbons (Fsp3) is 0.769. The number of nitrogens with zero attached hydrogens (tertiary/aromatic N) is 2. The smallest absolute Gasteiger partial charge is 0.214 e. The van der Waals surface area contributed by atoms with Crippen LogP contribution in [0.2, 0.25) is 0 Å². The normalized spacial score (nSPS) is 18.5. The predicted octanol–water partition coefficient (Wildman–Crippen LogP) is 1.01. The summed E-state index contributed by atoms with van der Waals surface area (Å²) in [5, 5.41) is 10.4. The Kier molecular flexibility index (Phi) is 5.17. The first kappa shape index (κ1) is 15.5. The zero-order valence-electron chi connectivity index (χ0n) is 12.2. The first-order chi connectivity index (χ1) is 9.53. The highest BCUT2D eigenvalue weighted by atomic mass is 32.2. The van der Waals surface area contributed by atoms with Crippen LogP contribution >= 0.6 is 0 Å². The molecule has 0 atom stereocenters. The van der Waals surface area contributed by atoms with Crippen LogP contribution in [0.15, 0.2) is 6.20 Å². The van der Waals surface area contributed by atoms with Gasteiger partial charge in [0.1, 0.15) is 0 Å². The molecule has 1 aliphatic rings. The lowest BCUT2D eigenvalue weighted by Crippen LogP contribution is -2.45. The molecule has 114 valence electrons. The van der Waals surface area contributed by atoms with Gasteiger partial charge < -0.3 is 5.32 Å². The number of sulfonamides is 1. The Balaban J connectivity index is 1.79. The van der Waals surface area contributed by atoms with Gasteiger partial charge in [0.15, 0.2) is 0 Å². The SMILES string of the molecule is CCCS(=O)(=O)N1CCC(NCc2cn[nH]c2C)CC1. The molecule has 1 aliphatic heterocycles. The minimum Gasteiger partial charge on any atom is -0.310 e. The summed E-state index contributed by atoms with van der Waals surface area (Å²) in [7, 11) is -3.03. The second kappa shape index (κ2) is 6.69. The molecule has 2 rings (SSSR count). The number of hydrogen-bond acceptors (Lipinski definition) is 4. The molecule has 2 N–H and O–H groups in total. The van der Waals surface area contributed by atoms with Crippen LogP contribution in [0.1, 0.15) is 37.4 Å². The Morgan fingerprint density at radius 1 is 1.45 bits per heavy atom. The fourth-order valence-corrected chi connectivity index (χ4v) is 4.07. The van der Waals surface area contributed by atoms with Gasteiger partial charge in [-0.15, -0.1) is 0 Å². The highest BCUT2D eigenvalue weighted by Crippen LogP contribution is 2.15. The molecule has 7 heteroatoms. The summed E-state index contributed by atoms with van der Waals surface area (Å²) in [4.78, 5) is 0. The zero-order valence-corrected chi connectivity index (χ0v) is 13.0. The van der Waals surface area contributed by atoms with E-state index in [2.05, 4.69) is 15.5 Å². The van der Waals surface area contributed by atoms with Crippen LogP contribution in [0.25, 0.3) is 0 Å². The maximum absolute atomic E-state index is 12.0. The Morgan fingerprint density at radius 3 is 2.70 bits per heavy atom. The molecule has 0 bridgehead atoms.